The average Bonchev–Trinajstić information content (AvgIpc) is 3.08. The lowest BCUT2D eigenvalue weighted by Crippen LogP contribution is -2.16. The number of nitrogens with zero attached hydrogens (tertiary/aromatic N) is 2. The van der Waals surface area contributed by atoms with Crippen molar-refractivity contribution in [3.8, 4) is 11.5 Å². The Labute approximate surface area is 161 Å². The van der Waals surface area contributed by atoms with Gasteiger partial charge >= 0.3 is 0 Å². The first-order valence-corrected chi connectivity index (χ1v) is 9.36. The number of para-hydroxylation sites is 1. The topological polar surface area (TPSA) is 85.1 Å². The number of benzene rings is 2. The number of ketones is 1. The molecule has 1 heterocycles. The Balaban J connectivity index is 1.63. The van der Waals surface area contributed by atoms with Gasteiger partial charge in [0.1, 0.15) is 0 Å². The number of carbonyl (C=O) groups is 2. The van der Waals surface area contributed by atoms with Crippen molar-refractivity contribution in [3.63, 3.8) is 0 Å². The molecule has 1 amide bonds. The van der Waals surface area contributed by atoms with Crippen LogP contribution in [-0.4, -0.2) is 27.6 Å². The minimum absolute atomic E-state index is 0.0979. The van der Waals surface area contributed by atoms with Crippen molar-refractivity contribution in [2.45, 2.75) is 26.0 Å². The molecule has 0 saturated heterocycles. The van der Waals surface area contributed by atoms with Crippen molar-refractivity contribution < 1.29 is 14.0 Å². The fourth-order valence-corrected chi connectivity index (χ4v) is 3.26. The molecule has 3 aromatic rings. The Hall–Kier alpha value is -2.93. The highest BCUT2D eigenvalue weighted by Gasteiger charge is 2.13. The molecule has 0 radical (unpaired) electrons. The molecule has 0 unspecified atom stereocenters. The minimum Gasteiger partial charge on any atom is -0.411 e. The van der Waals surface area contributed by atoms with Crippen molar-refractivity contribution in [2.75, 3.05) is 11.1 Å². The van der Waals surface area contributed by atoms with Gasteiger partial charge in [0.2, 0.25) is 11.8 Å². The van der Waals surface area contributed by atoms with Gasteiger partial charge in [-0.05, 0) is 45.0 Å². The van der Waals surface area contributed by atoms with E-state index in [4.69, 9.17) is 4.42 Å². The number of aromatic nitrogens is 2. The first-order chi connectivity index (χ1) is 12.9. The molecule has 27 heavy (non-hydrogen) atoms. The predicted octanol–water partition coefficient (Wildman–Crippen LogP) is 4.29. The molecule has 0 fully saturated rings. The smallest absolute Gasteiger partial charge is 0.277 e. The zero-order valence-corrected chi connectivity index (χ0v) is 16.1. The third-order valence-electron chi connectivity index (χ3n) is 3.78. The van der Waals surface area contributed by atoms with E-state index in [-0.39, 0.29) is 17.4 Å². The van der Waals surface area contributed by atoms with Crippen LogP contribution < -0.4 is 5.32 Å². The van der Waals surface area contributed by atoms with Gasteiger partial charge < -0.3 is 9.73 Å². The Morgan fingerprint density at radius 3 is 2.48 bits per heavy atom. The van der Waals surface area contributed by atoms with E-state index in [2.05, 4.69) is 21.6 Å². The molecule has 0 saturated carbocycles. The SMILES string of the molecule is CC(=O)c1ccccc1NC(=O)CSc1nnc(-c2cc(C)cc(C)c2)o1. The van der Waals surface area contributed by atoms with Crippen molar-refractivity contribution in [1.82, 2.24) is 10.2 Å². The highest BCUT2D eigenvalue weighted by molar-refractivity contribution is 7.99. The maximum Gasteiger partial charge on any atom is 0.277 e. The molecule has 1 N–H and O–H groups in total. The number of carbonyl (C=O) groups excluding carboxylic acids is 2. The van der Waals surface area contributed by atoms with Crippen LogP contribution in [0.3, 0.4) is 0 Å². The van der Waals surface area contributed by atoms with Gasteiger partial charge in [0.25, 0.3) is 5.22 Å². The van der Waals surface area contributed by atoms with Gasteiger partial charge in [-0.2, -0.15) is 0 Å². The number of nitrogens with one attached hydrogen (secondary N) is 1. The van der Waals surface area contributed by atoms with Gasteiger partial charge in [-0.25, -0.2) is 0 Å². The van der Waals surface area contributed by atoms with Crippen LogP contribution in [0.25, 0.3) is 11.5 Å². The number of amides is 1. The fourth-order valence-electron chi connectivity index (χ4n) is 2.70. The van der Waals surface area contributed by atoms with Crippen LogP contribution in [0.4, 0.5) is 5.69 Å². The van der Waals surface area contributed by atoms with E-state index in [1.54, 1.807) is 24.3 Å². The van der Waals surface area contributed by atoms with E-state index in [9.17, 15) is 9.59 Å². The Kier molecular flexibility index (Phi) is 5.71. The summed E-state index contributed by atoms with van der Waals surface area (Å²) in [5.74, 6) is 0.167. The van der Waals surface area contributed by atoms with E-state index >= 15 is 0 Å². The van der Waals surface area contributed by atoms with Gasteiger partial charge in [-0.1, -0.05) is 41.1 Å². The molecular formula is C20H19N3O3S. The zero-order chi connectivity index (χ0) is 19.4. The lowest BCUT2D eigenvalue weighted by molar-refractivity contribution is -0.113. The first kappa shape index (κ1) is 18.8. The molecule has 2 aromatic carbocycles. The number of hydrogen-bond donors (Lipinski definition) is 1. The van der Waals surface area contributed by atoms with E-state index in [0.29, 0.717) is 22.4 Å². The normalized spacial score (nSPS) is 10.6. The maximum atomic E-state index is 12.2. The van der Waals surface area contributed by atoms with E-state index in [1.165, 1.54) is 6.92 Å². The van der Waals surface area contributed by atoms with E-state index < -0.39 is 0 Å². The number of Topliss-reactive ketones (excluding diaryl/α,β-unsaturated/α-hetero) is 1. The molecule has 0 atom stereocenters. The van der Waals surface area contributed by atoms with Crippen molar-refractivity contribution >= 4 is 29.1 Å². The summed E-state index contributed by atoms with van der Waals surface area (Å²) in [6, 6.07) is 12.9. The number of aryl methyl sites for hydroxylation is 2. The highest BCUT2D eigenvalue weighted by atomic mass is 32.2. The van der Waals surface area contributed by atoms with Crippen LogP contribution in [-0.2, 0) is 4.79 Å². The molecule has 0 aliphatic heterocycles. The van der Waals surface area contributed by atoms with Crippen LogP contribution in [0, 0.1) is 13.8 Å². The van der Waals surface area contributed by atoms with Gasteiger partial charge in [0, 0.05) is 11.1 Å². The second kappa shape index (κ2) is 8.18. The summed E-state index contributed by atoms with van der Waals surface area (Å²) < 4.78 is 5.65. The lowest BCUT2D eigenvalue weighted by Gasteiger charge is -2.08. The number of rotatable bonds is 6. The van der Waals surface area contributed by atoms with Gasteiger partial charge in [0.15, 0.2) is 5.78 Å². The molecule has 0 aliphatic rings. The van der Waals surface area contributed by atoms with Crippen LogP contribution in [0.15, 0.2) is 52.1 Å². The summed E-state index contributed by atoms with van der Waals surface area (Å²) in [6.07, 6.45) is 0. The molecule has 6 nitrogen and oxygen atoms in total. The molecule has 0 bridgehead atoms. The molecule has 7 heteroatoms. The lowest BCUT2D eigenvalue weighted by atomic mass is 10.1. The molecule has 0 spiro atoms. The Morgan fingerprint density at radius 1 is 1.07 bits per heavy atom. The van der Waals surface area contributed by atoms with Crippen LogP contribution in [0.5, 0.6) is 0 Å². The summed E-state index contributed by atoms with van der Waals surface area (Å²) in [5.41, 5.74) is 4.05. The van der Waals surface area contributed by atoms with Crippen molar-refractivity contribution in [2.24, 2.45) is 0 Å². The van der Waals surface area contributed by atoms with Crippen LogP contribution in [0.2, 0.25) is 0 Å². The van der Waals surface area contributed by atoms with Gasteiger partial charge in [0.05, 0.1) is 11.4 Å². The first-order valence-electron chi connectivity index (χ1n) is 8.37. The maximum absolute atomic E-state index is 12.2. The molecule has 3 rings (SSSR count). The predicted molar refractivity (Wildman–Crippen MR) is 105 cm³/mol. The van der Waals surface area contributed by atoms with E-state index in [0.717, 1.165) is 28.5 Å². The molecule has 1 aromatic heterocycles. The Bertz CT molecular complexity index is 977. The van der Waals surface area contributed by atoms with E-state index in [1.807, 2.05) is 26.0 Å². The fraction of sp³-hybridized carbons (Fsp3) is 0.200. The monoisotopic (exact) mass is 381 g/mol. The number of thioether (sulfide) groups is 1. The second-order valence-corrected chi connectivity index (χ2v) is 7.11. The third-order valence-corrected chi connectivity index (χ3v) is 4.60. The standard InChI is InChI=1S/C20H19N3O3S/c1-12-8-13(2)10-15(9-12)19-22-23-20(26-19)27-11-18(25)21-17-7-5-4-6-16(17)14(3)24/h4-10H,11H2,1-3H3,(H,21,25). The number of anilines is 1. The largest absolute Gasteiger partial charge is 0.411 e. The van der Waals surface area contributed by atoms with Crippen molar-refractivity contribution in [3.05, 3.63) is 59.2 Å². The summed E-state index contributed by atoms with van der Waals surface area (Å²) in [7, 11) is 0. The quantitative estimate of drug-likeness (QED) is 0.506. The zero-order valence-electron chi connectivity index (χ0n) is 15.3. The van der Waals surface area contributed by atoms with Crippen LogP contribution >= 0.6 is 11.8 Å². The molecule has 0 aliphatic carbocycles. The summed E-state index contributed by atoms with van der Waals surface area (Å²) >= 11 is 1.15. The average molecular weight is 381 g/mol. The summed E-state index contributed by atoms with van der Waals surface area (Å²) in [4.78, 5) is 23.8. The van der Waals surface area contributed by atoms with Gasteiger partial charge in [-0.3, -0.25) is 9.59 Å². The molecule has 138 valence electrons. The number of hydrogen-bond acceptors (Lipinski definition) is 6. The summed E-state index contributed by atoms with van der Waals surface area (Å²) in [5, 5.41) is 11.1. The Morgan fingerprint density at radius 2 is 1.78 bits per heavy atom. The molecular weight excluding hydrogens is 362 g/mol. The second-order valence-electron chi connectivity index (χ2n) is 6.19. The highest BCUT2D eigenvalue weighted by Crippen LogP contribution is 2.25. The summed E-state index contributed by atoms with van der Waals surface area (Å²) in [6.45, 7) is 5.48. The minimum atomic E-state index is -0.250. The van der Waals surface area contributed by atoms with Crippen molar-refractivity contribution in [1.29, 1.82) is 0 Å². The van der Waals surface area contributed by atoms with Crippen LogP contribution in [0.1, 0.15) is 28.4 Å². The third kappa shape index (κ3) is 4.83. The van der Waals surface area contributed by atoms with Gasteiger partial charge in [-0.15, -0.1) is 10.2 Å².